The van der Waals surface area contributed by atoms with Gasteiger partial charge < -0.3 is 17.2 Å². The molecule has 15 heavy (non-hydrogen) atoms. The maximum absolute atomic E-state index is 11.8. The minimum absolute atomic E-state index is 0. The van der Waals surface area contributed by atoms with Crippen LogP contribution in [0.25, 0.3) is 17.2 Å². The molecule has 1 aromatic rings. The summed E-state index contributed by atoms with van der Waals surface area (Å²) >= 11 is -3.89. The van der Waals surface area contributed by atoms with Crippen molar-refractivity contribution in [2.45, 2.75) is 0 Å². The van der Waals surface area contributed by atoms with Crippen molar-refractivity contribution in [2.24, 2.45) is 0 Å². The molecule has 0 aliphatic rings. The Morgan fingerprint density at radius 2 is 1.13 bits per heavy atom. The summed E-state index contributed by atoms with van der Waals surface area (Å²) in [5.41, 5.74) is 17.2. The summed E-state index contributed by atoms with van der Waals surface area (Å²) in [6.07, 6.45) is 0. The van der Waals surface area contributed by atoms with Gasteiger partial charge in [0.25, 0.3) is 0 Å². The van der Waals surface area contributed by atoms with Gasteiger partial charge in [-0.15, -0.1) is 0 Å². The van der Waals surface area contributed by atoms with Gasteiger partial charge in [0.2, 0.25) is 0 Å². The average Bonchev–Trinajstić information content (AvgIpc) is 2.80. The fraction of sp³-hybridized carbons (Fsp3) is 0.375. The SMILES string of the molecule is C[NH-].C[NH-].C[NH-].[F][GeH]([F])[c-]1cccc1.[Hf+4]. The second kappa shape index (κ2) is 24.0. The molecule has 3 nitrogen and oxygen atoms in total. The quantitative estimate of drug-likeness (QED) is 0.472. The van der Waals surface area contributed by atoms with Gasteiger partial charge in [-0.25, -0.2) is 0 Å². The Morgan fingerprint density at radius 3 is 1.27 bits per heavy atom. The molecule has 0 saturated heterocycles. The Kier molecular flexibility index (Phi) is 39.4. The largest absolute Gasteiger partial charge is 4.00 e. The van der Waals surface area contributed by atoms with Gasteiger partial charge in [-0.2, -0.15) is 21.1 Å². The van der Waals surface area contributed by atoms with Crippen LogP contribution < -0.4 is 4.40 Å². The van der Waals surface area contributed by atoms with Gasteiger partial charge in [-0.3, -0.25) is 0 Å². The van der Waals surface area contributed by atoms with Gasteiger partial charge >= 0.3 is 76.8 Å². The van der Waals surface area contributed by atoms with Crippen molar-refractivity contribution in [1.29, 1.82) is 0 Å². The summed E-state index contributed by atoms with van der Waals surface area (Å²) in [5, 5.41) is 0. The average molecular weight is 444 g/mol. The van der Waals surface area contributed by atoms with Crippen LogP contribution in [0.1, 0.15) is 0 Å². The van der Waals surface area contributed by atoms with Crippen LogP contribution in [0.2, 0.25) is 0 Å². The minimum Gasteiger partial charge on any atom is 4.00 e. The third-order valence-electron chi connectivity index (χ3n) is 0.940. The molecular formula is C8H17F2GeHfN3. The second-order valence-electron chi connectivity index (χ2n) is 1.52. The first-order chi connectivity index (χ1) is 6.80. The molecule has 0 radical (unpaired) electrons. The summed E-state index contributed by atoms with van der Waals surface area (Å²) in [6, 6.07) is 6.27. The van der Waals surface area contributed by atoms with E-state index in [4.69, 9.17) is 17.2 Å². The van der Waals surface area contributed by atoms with E-state index in [-0.39, 0.29) is 30.2 Å². The maximum atomic E-state index is 11.8. The van der Waals surface area contributed by atoms with Gasteiger partial charge in [0.05, 0.1) is 0 Å². The van der Waals surface area contributed by atoms with Gasteiger partial charge in [0, 0.05) is 0 Å². The van der Waals surface area contributed by atoms with E-state index in [0.717, 1.165) is 0 Å². The van der Waals surface area contributed by atoms with E-state index in [1.807, 2.05) is 0 Å². The molecule has 3 N–H and O–H groups in total. The van der Waals surface area contributed by atoms with Gasteiger partial charge in [0.15, 0.2) is 0 Å². The second-order valence-corrected chi connectivity index (χ2v) is 4.18. The van der Waals surface area contributed by atoms with Gasteiger partial charge in [-0.05, 0) is 0 Å². The molecular weight excluding hydrogens is 427 g/mol. The first-order valence-electron chi connectivity index (χ1n) is 3.80. The Morgan fingerprint density at radius 1 is 0.867 bits per heavy atom. The molecule has 1 aromatic carbocycles. The van der Waals surface area contributed by atoms with Crippen LogP contribution in [-0.2, 0) is 25.8 Å². The molecule has 0 aliphatic carbocycles. The Labute approximate surface area is 115 Å². The zero-order valence-electron chi connectivity index (χ0n) is 9.14. The molecule has 0 bridgehead atoms. The third kappa shape index (κ3) is 17.1. The summed E-state index contributed by atoms with van der Waals surface area (Å²) < 4.78 is 23.9. The molecule has 0 saturated carbocycles. The van der Waals surface area contributed by atoms with Crippen LogP contribution in [0.15, 0.2) is 24.3 Å². The van der Waals surface area contributed by atoms with Gasteiger partial charge in [-0.1, -0.05) is 0 Å². The predicted molar refractivity (Wildman–Crippen MR) is 61.8 cm³/mol. The van der Waals surface area contributed by atoms with Crippen molar-refractivity contribution in [1.82, 2.24) is 0 Å². The normalized spacial score (nSPS) is 6.73. The van der Waals surface area contributed by atoms with Crippen LogP contribution in [0.4, 0.5) is 7.00 Å². The third-order valence-corrected chi connectivity index (χ3v) is 2.81. The van der Waals surface area contributed by atoms with E-state index >= 15 is 0 Å². The summed E-state index contributed by atoms with van der Waals surface area (Å²) in [5.74, 6) is 0. The van der Waals surface area contributed by atoms with E-state index in [1.54, 1.807) is 12.1 Å². The topological polar surface area (TPSA) is 71.4 Å². The monoisotopic (exact) mass is 447 g/mol. The van der Waals surface area contributed by atoms with E-state index in [1.165, 1.54) is 33.3 Å². The zero-order chi connectivity index (χ0) is 12.0. The number of hydrogen-bond donors (Lipinski definition) is 0. The van der Waals surface area contributed by atoms with Crippen molar-refractivity contribution < 1.29 is 32.8 Å². The molecule has 0 aromatic heterocycles. The molecule has 0 spiro atoms. The van der Waals surface area contributed by atoms with E-state index in [0.29, 0.717) is 0 Å². The Bertz CT molecular complexity index is 163. The number of hydrogen-bond acceptors (Lipinski definition) is 0. The summed E-state index contributed by atoms with van der Waals surface area (Å²) in [6.45, 7) is 0. The fourth-order valence-electron chi connectivity index (χ4n) is 0.534. The first-order valence-corrected chi connectivity index (χ1v) is 6.85. The van der Waals surface area contributed by atoms with Crippen molar-refractivity contribution in [2.75, 3.05) is 21.1 Å². The Hall–Kier alpha value is 0.503. The van der Waals surface area contributed by atoms with Crippen LogP contribution >= 0.6 is 0 Å². The van der Waals surface area contributed by atoms with Crippen LogP contribution in [0.3, 0.4) is 0 Å². The molecule has 0 aliphatic heterocycles. The smallest absolute Gasteiger partial charge is 4.00 e. The number of nitrogens with one attached hydrogen (secondary N) is 3. The van der Waals surface area contributed by atoms with Crippen LogP contribution in [-0.4, -0.2) is 36.4 Å². The van der Waals surface area contributed by atoms with Gasteiger partial charge in [0.1, 0.15) is 0 Å². The summed E-state index contributed by atoms with van der Waals surface area (Å²) in [4.78, 5) is 0. The van der Waals surface area contributed by atoms with Crippen molar-refractivity contribution >= 4 is 19.7 Å². The molecule has 0 atom stereocenters. The van der Waals surface area contributed by atoms with Crippen LogP contribution in [0.5, 0.6) is 0 Å². The standard InChI is InChI=1S/C5H5F2Ge.3CH4N.Hf/c6-8(7)5-3-1-2-4-5;3*1-2;/h1-4,8H;3*2H,1H3;/q4*-1;+4. The van der Waals surface area contributed by atoms with E-state index < -0.39 is 15.3 Å². The first kappa shape index (κ1) is 24.6. The van der Waals surface area contributed by atoms with Crippen molar-refractivity contribution in [3.63, 3.8) is 0 Å². The number of rotatable bonds is 1. The molecule has 1 rings (SSSR count). The van der Waals surface area contributed by atoms with Crippen LogP contribution in [0, 0.1) is 0 Å². The molecule has 0 unspecified atom stereocenters. The molecule has 0 heterocycles. The summed E-state index contributed by atoms with van der Waals surface area (Å²) in [7, 11) is 3.75. The number of halogens is 2. The Balaban J connectivity index is -0.0000000755. The van der Waals surface area contributed by atoms with Crippen molar-refractivity contribution in [3.05, 3.63) is 41.5 Å². The molecule has 0 amide bonds. The molecule has 86 valence electrons. The minimum atomic E-state index is -3.89. The fourth-order valence-corrected chi connectivity index (χ4v) is 1.61. The maximum Gasteiger partial charge on any atom is 4.00 e. The zero-order valence-corrected chi connectivity index (χ0v) is 15.2. The van der Waals surface area contributed by atoms with E-state index in [9.17, 15) is 7.00 Å². The van der Waals surface area contributed by atoms with Crippen molar-refractivity contribution in [3.8, 4) is 0 Å². The molecule has 0 fully saturated rings. The van der Waals surface area contributed by atoms with E-state index in [2.05, 4.69) is 0 Å². The predicted octanol–water partition coefficient (Wildman–Crippen LogP) is 2.77. The molecule has 7 heteroatoms.